The van der Waals surface area contributed by atoms with Crippen LogP contribution in [0.15, 0.2) is 77.4 Å². The summed E-state index contributed by atoms with van der Waals surface area (Å²) in [5.41, 5.74) is 6.59. The molecule has 9 heteroatoms. The van der Waals surface area contributed by atoms with E-state index >= 15 is 0 Å². The number of amides is 3. The Bertz CT molecular complexity index is 1320. The van der Waals surface area contributed by atoms with Gasteiger partial charge in [-0.3, -0.25) is 25.2 Å². The Kier molecular flexibility index (Phi) is 6.92. The summed E-state index contributed by atoms with van der Waals surface area (Å²) in [6, 6.07) is 17.4. The van der Waals surface area contributed by atoms with Gasteiger partial charge >= 0.3 is 0 Å². The zero-order valence-electron chi connectivity index (χ0n) is 18.0. The average Bonchev–Trinajstić information content (AvgIpc) is 3.40. The predicted molar refractivity (Wildman–Crippen MR) is 123 cm³/mol. The van der Waals surface area contributed by atoms with Gasteiger partial charge in [-0.05, 0) is 55.0 Å². The lowest BCUT2D eigenvalue weighted by molar-refractivity contribution is -0.121. The third-order valence-corrected chi connectivity index (χ3v) is 5.02. The van der Waals surface area contributed by atoms with Crippen molar-refractivity contribution in [2.24, 2.45) is 0 Å². The second-order valence-corrected chi connectivity index (χ2v) is 7.42. The summed E-state index contributed by atoms with van der Waals surface area (Å²) >= 11 is 0. The number of hydrogen-bond acceptors (Lipinski definition) is 5. The van der Waals surface area contributed by atoms with Crippen LogP contribution in [-0.2, 0) is 4.79 Å². The fraction of sp³-hybridized carbons (Fsp3) is 0.120. The number of fused-ring (bicyclic) bond motifs is 1. The Balaban J connectivity index is 1.30. The van der Waals surface area contributed by atoms with Crippen molar-refractivity contribution in [3.63, 3.8) is 0 Å². The largest absolute Gasteiger partial charge is 0.463 e. The molecule has 4 aromatic rings. The number of aromatic nitrogens is 1. The van der Waals surface area contributed by atoms with Crippen LogP contribution in [0, 0.1) is 5.82 Å². The first-order chi connectivity index (χ1) is 16.5. The minimum atomic E-state index is -0.496. The number of carbonyl (C=O) groups is 3. The highest BCUT2D eigenvalue weighted by Crippen LogP contribution is 2.25. The van der Waals surface area contributed by atoms with Crippen molar-refractivity contribution in [2.45, 2.75) is 12.8 Å². The summed E-state index contributed by atoms with van der Waals surface area (Å²) in [5, 5.41) is 3.29. The summed E-state index contributed by atoms with van der Waals surface area (Å²) in [4.78, 5) is 41.5. The van der Waals surface area contributed by atoms with Crippen LogP contribution in [0.5, 0.6) is 0 Å². The van der Waals surface area contributed by atoms with E-state index in [0.29, 0.717) is 39.9 Å². The number of nitrogens with one attached hydrogen (secondary N) is 3. The van der Waals surface area contributed by atoms with Gasteiger partial charge in [-0.25, -0.2) is 9.37 Å². The predicted octanol–water partition coefficient (Wildman–Crippen LogP) is 3.61. The average molecular weight is 460 g/mol. The number of para-hydroxylation sites is 1. The van der Waals surface area contributed by atoms with E-state index in [2.05, 4.69) is 21.2 Å². The first-order valence-electron chi connectivity index (χ1n) is 10.6. The van der Waals surface area contributed by atoms with E-state index in [1.165, 1.54) is 30.5 Å². The number of rotatable bonds is 7. The van der Waals surface area contributed by atoms with Gasteiger partial charge in [0.1, 0.15) is 11.5 Å². The molecule has 172 valence electrons. The topological polar surface area (TPSA) is 113 Å². The number of hydrogen-bond donors (Lipinski definition) is 3. The van der Waals surface area contributed by atoms with Gasteiger partial charge in [0.25, 0.3) is 11.8 Å². The molecule has 2 aromatic heterocycles. The molecule has 0 aliphatic rings. The molecular formula is C25H21FN4O4. The van der Waals surface area contributed by atoms with Gasteiger partial charge in [0, 0.05) is 23.9 Å². The Labute approximate surface area is 194 Å². The van der Waals surface area contributed by atoms with Gasteiger partial charge < -0.3 is 9.73 Å². The van der Waals surface area contributed by atoms with E-state index in [9.17, 15) is 18.8 Å². The Morgan fingerprint density at radius 2 is 1.71 bits per heavy atom. The highest BCUT2D eigenvalue weighted by atomic mass is 19.1. The number of pyridine rings is 1. The zero-order valence-corrected chi connectivity index (χ0v) is 18.0. The lowest BCUT2D eigenvalue weighted by Crippen LogP contribution is -2.42. The summed E-state index contributed by atoms with van der Waals surface area (Å²) in [7, 11) is 0. The molecule has 0 atom stereocenters. The van der Waals surface area contributed by atoms with Gasteiger partial charge in [-0.2, -0.15) is 0 Å². The van der Waals surface area contributed by atoms with Crippen LogP contribution in [-0.4, -0.2) is 29.3 Å². The number of carbonyl (C=O) groups excluding carboxylic acids is 3. The summed E-state index contributed by atoms with van der Waals surface area (Å²) in [6.07, 6.45) is 1.96. The van der Waals surface area contributed by atoms with Crippen molar-refractivity contribution in [3.8, 4) is 11.5 Å². The molecule has 0 unspecified atom stereocenters. The van der Waals surface area contributed by atoms with Crippen molar-refractivity contribution in [1.82, 2.24) is 21.2 Å². The van der Waals surface area contributed by atoms with E-state index in [4.69, 9.17) is 4.42 Å². The minimum Gasteiger partial charge on any atom is -0.463 e. The van der Waals surface area contributed by atoms with E-state index in [-0.39, 0.29) is 18.9 Å². The van der Waals surface area contributed by atoms with Crippen molar-refractivity contribution in [2.75, 3.05) is 6.54 Å². The number of halogens is 1. The highest BCUT2D eigenvalue weighted by Gasteiger charge is 2.15. The third kappa shape index (κ3) is 5.44. The lowest BCUT2D eigenvalue weighted by Gasteiger charge is -2.11. The van der Waals surface area contributed by atoms with Crippen LogP contribution in [0.25, 0.3) is 22.4 Å². The van der Waals surface area contributed by atoms with Crippen LogP contribution < -0.4 is 16.2 Å². The van der Waals surface area contributed by atoms with Crippen molar-refractivity contribution < 1.29 is 23.2 Å². The Hall–Kier alpha value is -4.53. The first kappa shape index (κ1) is 22.7. The third-order valence-electron chi connectivity index (χ3n) is 5.02. The number of nitrogens with zero attached hydrogens (tertiary/aromatic N) is 1. The molecule has 34 heavy (non-hydrogen) atoms. The SMILES string of the molecule is O=C(CCCNC(=O)c1ccc(F)cc1)NNC(=O)c1cc(-c2ccco2)nc2ccccc12. The van der Waals surface area contributed by atoms with Crippen molar-refractivity contribution >= 4 is 28.6 Å². The van der Waals surface area contributed by atoms with Gasteiger partial charge in [0.15, 0.2) is 5.76 Å². The molecule has 2 aromatic carbocycles. The van der Waals surface area contributed by atoms with Crippen LogP contribution in [0.2, 0.25) is 0 Å². The normalized spacial score (nSPS) is 10.6. The number of benzene rings is 2. The summed E-state index contributed by atoms with van der Waals surface area (Å²) in [5.74, 6) is -1.16. The molecule has 0 aliphatic heterocycles. The first-order valence-corrected chi connectivity index (χ1v) is 10.6. The molecule has 2 heterocycles. The van der Waals surface area contributed by atoms with E-state index in [1.54, 1.807) is 36.4 Å². The Morgan fingerprint density at radius 1 is 0.912 bits per heavy atom. The molecule has 0 spiro atoms. The minimum absolute atomic E-state index is 0.0821. The quantitative estimate of drug-likeness (QED) is 0.288. The van der Waals surface area contributed by atoms with Crippen LogP contribution >= 0.6 is 0 Å². The van der Waals surface area contributed by atoms with Gasteiger partial charge in [0.05, 0.1) is 17.3 Å². The molecule has 0 bridgehead atoms. The summed E-state index contributed by atoms with van der Waals surface area (Å²) in [6.45, 7) is 0.249. The molecule has 0 fully saturated rings. The maximum absolute atomic E-state index is 12.9. The fourth-order valence-corrected chi connectivity index (χ4v) is 3.32. The van der Waals surface area contributed by atoms with Crippen LogP contribution in [0.4, 0.5) is 4.39 Å². The van der Waals surface area contributed by atoms with Gasteiger partial charge in [-0.1, -0.05) is 18.2 Å². The van der Waals surface area contributed by atoms with Crippen molar-refractivity contribution in [3.05, 3.63) is 89.9 Å². The van der Waals surface area contributed by atoms with E-state index < -0.39 is 17.6 Å². The van der Waals surface area contributed by atoms with Crippen LogP contribution in [0.3, 0.4) is 0 Å². The zero-order chi connectivity index (χ0) is 23.9. The van der Waals surface area contributed by atoms with Crippen molar-refractivity contribution in [1.29, 1.82) is 0 Å². The number of hydrazine groups is 1. The molecule has 0 radical (unpaired) electrons. The molecule has 0 saturated heterocycles. The monoisotopic (exact) mass is 460 g/mol. The molecule has 8 nitrogen and oxygen atoms in total. The molecule has 3 N–H and O–H groups in total. The molecule has 4 rings (SSSR count). The lowest BCUT2D eigenvalue weighted by atomic mass is 10.1. The van der Waals surface area contributed by atoms with Crippen LogP contribution in [0.1, 0.15) is 33.6 Å². The molecule has 0 saturated carbocycles. The van der Waals surface area contributed by atoms with E-state index in [0.717, 1.165) is 0 Å². The maximum Gasteiger partial charge on any atom is 0.270 e. The molecular weight excluding hydrogens is 439 g/mol. The van der Waals surface area contributed by atoms with Gasteiger partial charge in [-0.15, -0.1) is 0 Å². The van der Waals surface area contributed by atoms with Gasteiger partial charge in [0.2, 0.25) is 5.91 Å². The number of furan rings is 1. The highest BCUT2D eigenvalue weighted by molar-refractivity contribution is 6.07. The molecule has 0 aliphatic carbocycles. The second kappa shape index (κ2) is 10.4. The second-order valence-electron chi connectivity index (χ2n) is 7.42. The Morgan fingerprint density at radius 3 is 2.47 bits per heavy atom. The fourth-order valence-electron chi connectivity index (χ4n) is 3.32. The van der Waals surface area contributed by atoms with E-state index in [1.807, 2.05) is 6.07 Å². The smallest absolute Gasteiger partial charge is 0.270 e. The molecule has 3 amide bonds. The standard InChI is InChI=1S/C25H21FN4O4/c26-17-11-9-16(10-12-17)24(32)27-13-3-8-23(31)29-30-25(33)19-15-21(22-7-4-14-34-22)28-20-6-2-1-5-18(19)20/h1-2,4-7,9-12,14-15H,3,8,13H2,(H,27,32)(H,29,31)(H,30,33). The maximum atomic E-state index is 12.9. The summed E-state index contributed by atoms with van der Waals surface area (Å²) < 4.78 is 18.3.